The number of imide groups is 1. The number of carbonyl (C=O) groups is 3. The Morgan fingerprint density at radius 2 is 1.94 bits per heavy atom. The number of rotatable bonds is 2. The fraction of sp³-hybridized carbons (Fsp3) is 0.500. The number of nitrogens with zero attached hydrogens (tertiary/aromatic N) is 2. The number of halogens is 3. The normalized spacial score (nSPS) is 34.0. The number of amides is 3. The average molecular weight is 437 g/mol. The highest BCUT2D eigenvalue weighted by molar-refractivity contribution is 6.23. The van der Waals surface area contributed by atoms with Crippen molar-refractivity contribution in [3.05, 3.63) is 29.3 Å². The number of hydrogen-bond acceptors (Lipinski definition) is 6. The Morgan fingerprint density at radius 1 is 1.29 bits per heavy atom. The van der Waals surface area contributed by atoms with Crippen molar-refractivity contribution in [1.29, 1.82) is 5.26 Å². The van der Waals surface area contributed by atoms with Crippen LogP contribution in [0.4, 0.5) is 23.7 Å². The summed E-state index contributed by atoms with van der Waals surface area (Å²) in [5, 5.41) is 11.6. The first-order valence-corrected chi connectivity index (χ1v) is 9.41. The lowest BCUT2D eigenvalue weighted by atomic mass is 9.66. The standard InChI is InChI=1S/C20H18F3N3O5/c1-18-7-12(25-17(29)30-3)19(2,31-18)14-13(18)15(27)26(16(14)28)10-5-4-9(8-24)11(6-10)20(21,22)23/h4-6,12-14H,7H2,1-3H3,(H,25,29)/t12-,13-,14+,18?,19?/m0/s1. The number of carbonyl (C=O) groups excluding carboxylic acids is 3. The van der Waals surface area contributed by atoms with Crippen molar-refractivity contribution in [2.75, 3.05) is 12.0 Å². The molecule has 3 fully saturated rings. The van der Waals surface area contributed by atoms with Gasteiger partial charge in [-0.3, -0.25) is 9.59 Å². The van der Waals surface area contributed by atoms with Gasteiger partial charge in [-0.2, -0.15) is 18.4 Å². The van der Waals surface area contributed by atoms with E-state index in [2.05, 4.69) is 10.1 Å². The number of fused-ring (bicyclic) bond motifs is 5. The van der Waals surface area contributed by atoms with Gasteiger partial charge in [0.1, 0.15) is 0 Å². The van der Waals surface area contributed by atoms with Crippen LogP contribution in [0.15, 0.2) is 18.2 Å². The fourth-order valence-electron chi connectivity index (χ4n) is 5.21. The number of anilines is 1. The minimum Gasteiger partial charge on any atom is -0.453 e. The first kappa shape index (κ1) is 21.1. The topological polar surface area (TPSA) is 109 Å². The highest BCUT2D eigenvalue weighted by Crippen LogP contribution is 2.61. The molecule has 31 heavy (non-hydrogen) atoms. The highest BCUT2D eigenvalue weighted by atomic mass is 19.4. The van der Waals surface area contributed by atoms with Gasteiger partial charge in [0, 0.05) is 6.42 Å². The zero-order chi connectivity index (χ0) is 22.9. The third kappa shape index (κ3) is 2.81. The van der Waals surface area contributed by atoms with Crippen LogP contribution in [-0.2, 0) is 25.2 Å². The second-order valence-corrected chi connectivity index (χ2v) is 8.30. The van der Waals surface area contributed by atoms with E-state index in [-0.39, 0.29) is 12.1 Å². The van der Waals surface area contributed by atoms with Gasteiger partial charge in [-0.05, 0) is 32.0 Å². The summed E-state index contributed by atoms with van der Waals surface area (Å²) in [5.41, 5.74) is -4.44. The number of hydrogen-bond donors (Lipinski definition) is 1. The molecule has 11 heteroatoms. The molecule has 4 rings (SSSR count). The summed E-state index contributed by atoms with van der Waals surface area (Å²) >= 11 is 0. The van der Waals surface area contributed by atoms with Gasteiger partial charge in [0.15, 0.2) is 0 Å². The zero-order valence-corrected chi connectivity index (χ0v) is 16.7. The Labute approximate surface area is 174 Å². The number of methoxy groups -OCH3 is 1. The lowest BCUT2D eigenvalue weighted by molar-refractivity contribution is -0.138. The van der Waals surface area contributed by atoms with Gasteiger partial charge in [0.25, 0.3) is 0 Å². The smallest absolute Gasteiger partial charge is 0.417 e. The van der Waals surface area contributed by atoms with Gasteiger partial charge in [0.2, 0.25) is 11.8 Å². The van der Waals surface area contributed by atoms with Crippen LogP contribution in [0.5, 0.6) is 0 Å². The maximum Gasteiger partial charge on any atom is 0.417 e. The molecular formula is C20H18F3N3O5. The van der Waals surface area contributed by atoms with Gasteiger partial charge < -0.3 is 14.8 Å². The van der Waals surface area contributed by atoms with E-state index in [4.69, 9.17) is 10.00 Å². The third-order valence-electron chi connectivity index (χ3n) is 6.50. The number of ether oxygens (including phenoxy) is 2. The SMILES string of the molecule is COC(=O)N[C@H]1CC2(C)OC1(C)[C@H]1C(=O)N(c3ccc(C#N)c(C(F)(F)F)c3)C(=O)[C@H]12. The Hall–Kier alpha value is -3.13. The molecule has 0 aliphatic carbocycles. The maximum absolute atomic E-state index is 13.4. The Kier molecular flexibility index (Phi) is 4.38. The van der Waals surface area contributed by atoms with Crippen LogP contribution in [0.1, 0.15) is 31.4 Å². The van der Waals surface area contributed by atoms with E-state index in [1.54, 1.807) is 13.8 Å². The van der Waals surface area contributed by atoms with Crippen molar-refractivity contribution in [3.8, 4) is 6.07 Å². The number of nitrogens with one attached hydrogen (secondary N) is 1. The van der Waals surface area contributed by atoms with Crippen LogP contribution in [0, 0.1) is 23.2 Å². The number of nitriles is 1. The summed E-state index contributed by atoms with van der Waals surface area (Å²) in [7, 11) is 1.19. The molecule has 8 nitrogen and oxygen atoms in total. The third-order valence-corrected chi connectivity index (χ3v) is 6.50. The quantitative estimate of drug-likeness (QED) is 0.712. The van der Waals surface area contributed by atoms with Gasteiger partial charge >= 0.3 is 12.3 Å². The van der Waals surface area contributed by atoms with Crippen molar-refractivity contribution in [1.82, 2.24) is 5.32 Å². The molecule has 2 unspecified atom stereocenters. The molecule has 1 aromatic carbocycles. The molecule has 1 N–H and O–H groups in total. The molecule has 2 bridgehead atoms. The predicted molar refractivity (Wildman–Crippen MR) is 97.5 cm³/mol. The van der Waals surface area contributed by atoms with Crippen LogP contribution < -0.4 is 10.2 Å². The first-order chi connectivity index (χ1) is 14.4. The highest BCUT2D eigenvalue weighted by Gasteiger charge is 2.76. The van der Waals surface area contributed by atoms with Crippen LogP contribution >= 0.6 is 0 Å². The van der Waals surface area contributed by atoms with Crippen LogP contribution in [0.25, 0.3) is 0 Å². The molecule has 0 spiro atoms. The van der Waals surface area contributed by atoms with E-state index >= 15 is 0 Å². The number of benzene rings is 1. The van der Waals surface area contributed by atoms with Crippen molar-refractivity contribution in [3.63, 3.8) is 0 Å². The first-order valence-electron chi connectivity index (χ1n) is 9.41. The minimum absolute atomic E-state index is 0.230. The zero-order valence-electron chi connectivity index (χ0n) is 16.7. The minimum atomic E-state index is -4.83. The predicted octanol–water partition coefficient (Wildman–Crippen LogP) is 2.36. The second-order valence-electron chi connectivity index (χ2n) is 8.30. The van der Waals surface area contributed by atoms with E-state index in [1.807, 2.05) is 0 Å². The van der Waals surface area contributed by atoms with E-state index in [1.165, 1.54) is 13.2 Å². The lowest BCUT2D eigenvalue weighted by Crippen LogP contribution is -2.56. The molecule has 5 atom stereocenters. The molecule has 3 aliphatic rings. The summed E-state index contributed by atoms with van der Waals surface area (Å²) in [6, 6.07) is 3.54. The molecule has 1 aromatic rings. The van der Waals surface area contributed by atoms with Crippen LogP contribution in [0.2, 0.25) is 0 Å². The second kappa shape index (κ2) is 6.43. The molecule has 3 saturated heterocycles. The monoisotopic (exact) mass is 437 g/mol. The molecule has 0 aromatic heterocycles. The largest absolute Gasteiger partial charge is 0.453 e. The molecule has 3 aliphatic heterocycles. The van der Waals surface area contributed by atoms with Gasteiger partial charge in [-0.1, -0.05) is 0 Å². The number of alkyl halides is 3. The van der Waals surface area contributed by atoms with Gasteiger partial charge in [-0.15, -0.1) is 0 Å². The van der Waals surface area contributed by atoms with Crippen molar-refractivity contribution in [2.24, 2.45) is 11.8 Å². The van der Waals surface area contributed by atoms with E-state index in [0.29, 0.717) is 6.07 Å². The van der Waals surface area contributed by atoms with Crippen molar-refractivity contribution < 1.29 is 37.0 Å². The average Bonchev–Trinajstić information content (AvgIpc) is 3.21. The summed E-state index contributed by atoms with van der Waals surface area (Å²) in [4.78, 5) is 38.9. The van der Waals surface area contributed by atoms with E-state index in [0.717, 1.165) is 17.0 Å². The summed E-state index contributed by atoms with van der Waals surface area (Å²) in [5.74, 6) is -3.29. The lowest BCUT2D eigenvalue weighted by Gasteiger charge is -2.35. The summed E-state index contributed by atoms with van der Waals surface area (Å²) in [6.45, 7) is 3.24. The van der Waals surface area contributed by atoms with Gasteiger partial charge in [-0.25, -0.2) is 9.69 Å². The van der Waals surface area contributed by atoms with Crippen molar-refractivity contribution in [2.45, 2.75) is 43.7 Å². The molecule has 164 valence electrons. The summed E-state index contributed by atoms with van der Waals surface area (Å²) < 4.78 is 50.8. The molecule has 3 heterocycles. The fourth-order valence-corrected chi connectivity index (χ4v) is 5.21. The molecule has 3 amide bonds. The Bertz CT molecular complexity index is 1050. The molecule has 0 radical (unpaired) electrons. The number of alkyl carbamates (subject to hydrolysis) is 1. The van der Waals surface area contributed by atoms with E-state index < -0.39 is 64.3 Å². The Balaban J connectivity index is 1.75. The Morgan fingerprint density at radius 3 is 2.52 bits per heavy atom. The van der Waals surface area contributed by atoms with Gasteiger partial charge in [0.05, 0.1) is 59.1 Å². The van der Waals surface area contributed by atoms with Crippen molar-refractivity contribution >= 4 is 23.6 Å². The maximum atomic E-state index is 13.4. The van der Waals surface area contributed by atoms with Crippen LogP contribution in [0.3, 0.4) is 0 Å². The van der Waals surface area contributed by atoms with Crippen LogP contribution in [-0.4, -0.2) is 42.3 Å². The molecule has 0 saturated carbocycles. The summed E-state index contributed by atoms with van der Waals surface area (Å²) in [6.07, 6.45) is -5.33. The van der Waals surface area contributed by atoms with E-state index in [9.17, 15) is 27.6 Å². The molecular weight excluding hydrogens is 419 g/mol.